The summed E-state index contributed by atoms with van der Waals surface area (Å²) >= 11 is 0. The van der Waals surface area contributed by atoms with Gasteiger partial charge >= 0.3 is 0 Å². The summed E-state index contributed by atoms with van der Waals surface area (Å²) in [6.45, 7) is 0. The molecule has 0 saturated carbocycles. The van der Waals surface area contributed by atoms with Crippen molar-refractivity contribution in [1.29, 1.82) is 0 Å². The number of methoxy groups -OCH3 is 1. The van der Waals surface area contributed by atoms with Crippen molar-refractivity contribution in [1.82, 2.24) is 0 Å². The number of benzene rings is 2. The fraction of sp³-hybridized carbons (Fsp3) is 0.286. The highest BCUT2D eigenvalue weighted by molar-refractivity contribution is 5.91. The van der Waals surface area contributed by atoms with Gasteiger partial charge in [0.2, 0.25) is 0 Å². The zero-order valence-electron chi connectivity index (χ0n) is 9.23. The Morgan fingerprint density at radius 3 is 2.81 bits per heavy atom. The molecule has 0 radical (unpaired) electrons. The minimum absolute atomic E-state index is 0.815. The van der Waals surface area contributed by atoms with E-state index in [1.165, 1.54) is 29.0 Å². The molecule has 2 heteroatoms. The zero-order valence-corrected chi connectivity index (χ0v) is 9.23. The van der Waals surface area contributed by atoms with Gasteiger partial charge in [-0.05, 0) is 40.8 Å². The lowest BCUT2D eigenvalue weighted by atomic mass is 10.0. The Kier molecular flexibility index (Phi) is 2.20. The molecule has 0 bridgehead atoms. The highest BCUT2D eigenvalue weighted by Crippen LogP contribution is 2.33. The molecule has 1 unspecified atom stereocenters. The third-order valence-electron chi connectivity index (χ3n) is 3.34. The van der Waals surface area contributed by atoms with E-state index in [0.717, 1.165) is 18.4 Å². The molecule has 2 aromatic rings. The lowest BCUT2D eigenvalue weighted by Crippen LogP contribution is -2.00. The topological polar surface area (TPSA) is 29.5 Å². The largest absolute Gasteiger partial charge is 0.364 e. The van der Waals surface area contributed by atoms with E-state index in [1.54, 1.807) is 0 Å². The van der Waals surface area contributed by atoms with Crippen LogP contribution in [0.25, 0.3) is 10.8 Å². The van der Waals surface area contributed by atoms with Crippen LogP contribution in [-0.2, 0) is 17.6 Å². The third kappa shape index (κ3) is 1.34. The monoisotopic (exact) mass is 214 g/mol. The standard InChI is InChI=1S/C14H14O2/c1-16-14(15)12-7-10-4-2-3-9-5-6-11(8-12)13(9)10/h2-4,7-8,14-15H,5-6H2,1H3. The first-order valence-corrected chi connectivity index (χ1v) is 5.55. The second-order valence-corrected chi connectivity index (χ2v) is 4.28. The van der Waals surface area contributed by atoms with Crippen molar-refractivity contribution < 1.29 is 9.84 Å². The number of rotatable bonds is 2. The maximum absolute atomic E-state index is 9.70. The van der Waals surface area contributed by atoms with Crippen LogP contribution in [0.3, 0.4) is 0 Å². The number of aliphatic hydroxyl groups excluding tert-OH is 1. The third-order valence-corrected chi connectivity index (χ3v) is 3.34. The number of hydrogen-bond acceptors (Lipinski definition) is 2. The van der Waals surface area contributed by atoms with Crippen molar-refractivity contribution in [2.75, 3.05) is 7.11 Å². The molecule has 0 amide bonds. The van der Waals surface area contributed by atoms with Crippen LogP contribution in [0.15, 0.2) is 30.3 Å². The molecule has 2 nitrogen and oxygen atoms in total. The highest BCUT2D eigenvalue weighted by Gasteiger charge is 2.16. The number of ether oxygens (including phenoxy) is 1. The van der Waals surface area contributed by atoms with Crippen LogP contribution in [0.1, 0.15) is 23.0 Å². The summed E-state index contributed by atoms with van der Waals surface area (Å²) in [6.07, 6.45) is 1.36. The van der Waals surface area contributed by atoms with Crippen LogP contribution in [-0.4, -0.2) is 12.2 Å². The van der Waals surface area contributed by atoms with Gasteiger partial charge in [-0.25, -0.2) is 0 Å². The quantitative estimate of drug-likeness (QED) is 0.778. The van der Waals surface area contributed by atoms with Gasteiger partial charge in [0.15, 0.2) is 6.29 Å². The number of aliphatic hydroxyl groups is 1. The molecular formula is C14H14O2. The van der Waals surface area contributed by atoms with Crippen molar-refractivity contribution in [3.63, 3.8) is 0 Å². The molecule has 0 heterocycles. The first-order valence-electron chi connectivity index (χ1n) is 5.55. The molecule has 0 aliphatic heterocycles. The summed E-state index contributed by atoms with van der Waals surface area (Å²) in [5.74, 6) is 0. The Balaban J connectivity index is 2.26. The number of aryl methyl sites for hydroxylation is 2. The molecular weight excluding hydrogens is 200 g/mol. The van der Waals surface area contributed by atoms with Gasteiger partial charge in [-0.15, -0.1) is 0 Å². The minimum Gasteiger partial charge on any atom is -0.364 e. The van der Waals surface area contributed by atoms with Gasteiger partial charge in [-0.3, -0.25) is 0 Å². The Bertz CT molecular complexity index is 546. The highest BCUT2D eigenvalue weighted by atomic mass is 16.6. The molecule has 82 valence electrons. The lowest BCUT2D eigenvalue weighted by Gasteiger charge is -2.11. The molecule has 16 heavy (non-hydrogen) atoms. The summed E-state index contributed by atoms with van der Waals surface area (Å²) in [7, 11) is 1.52. The molecule has 3 rings (SSSR count). The van der Waals surface area contributed by atoms with E-state index < -0.39 is 6.29 Å². The van der Waals surface area contributed by atoms with Crippen molar-refractivity contribution in [2.24, 2.45) is 0 Å². The first-order chi connectivity index (χ1) is 7.79. The van der Waals surface area contributed by atoms with Crippen LogP contribution < -0.4 is 0 Å². The summed E-state index contributed by atoms with van der Waals surface area (Å²) in [6, 6.07) is 10.4. The van der Waals surface area contributed by atoms with Crippen LogP contribution in [0.5, 0.6) is 0 Å². The first kappa shape index (κ1) is 9.82. The van der Waals surface area contributed by atoms with E-state index >= 15 is 0 Å². The Morgan fingerprint density at radius 2 is 2.00 bits per heavy atom. The molecule has 1 N–H and O–H groups in total. The van der Waals surface area contributed by atoms with E-state index in [-0.39, 0.29) is 0 Å². The summed E-state index contributed by atoms with van der Waals surface area (Å²) < 4.78 is 4.96. The predicted molar refractivity (Wildman–Crippen MR) is 63.3 cm³/mol. The fourth-order valence-corrected chi connectivity index (χ4v) is 2.58. The van der Waals surface area contributed by atoms with E-state index in [9.17, 15) is 5.11 Å². The smallest absolute Gasteiger partial charge is 0.180 e. The fourth-order valence-electron chi connectivity index (χ4n) is 2.58. The Labute approximate surface area is 94.5 Å². The molecule has 0 fully saturated rings. The van der Waals surface area contributed by atoms with Crippen molar-refractivity contribution in [3.05, 3.63) is 47.0 Å². The molecule has 0 spiro atoms. The SMILES string of the molecule is COC(O)c1cc2c3c(cccc3c1)CC2. The summed E-state index contributed by atoms with van der Waals surface area (Å²) in [5.41, 5.74) is 3.61. The van der Waals surface area contributed by atoms with Gasteiger partial charge in [0.1, 0.15) is 0 Å². The molecule has 0 saturated heterocycles. The molecule has 1 atom stereocenters. The maximum atomic E-state index is 9.70. The van der Waals surface area contributed by atoms with Gasteiger partial charge in [-0.1, -0.05) is 24.3 Å². The van der Waals surface area contributed by atoms with E-state index in [1.807, 2.05) is 6.07 Å². The van der Waals surface area contributed by atoms with E-state index in [2.05, 4.69) is 24.3 Å². The minimum atomic E-state index is -0.815. The predicted octanol–water partition coefficient (Wildman–Crippen LogP) is 2.58. The van der Waals surface area contributed by atoms with Gasteiger partial charge in [0.05, 0.1) is 0 Å². The van der Waals surface area contributed by atoms with Crippen LogP contribution >= 0.6 is 0 Å². The average Bonchev–Trinajstić information content (AvgIpc) is 2.73. The summed E-state index contributed by atoms with van der Waals surface area (Å²) in [5, 5.41) is 12.3. The van der Waals surface area contributed by atoms with Crippen molar-refractivity contribution >= 4 is 10.8 Å². The van der Waals surface area contributed by atoms with Gasteiger partial charge < -0.3 is 9.84 Å². The molecule has 2 aromatic carbocycles. The maximum Gasteiger partial charge on any atom is 0.180 e. The van der Waals surface area contributed by atoms with E-state index in [0.29, 0.717) is 0 Å². The Hall–Kier alpha value is -1.38. The number of hydrogen-bond donors (Lipinski definition) is 1. The van der Waals surface area contributed by atoms with E-state index in [4.69, 9.17) is 4.74 Å². The van der Waals surface area contributed by atoms with Crippen molar-refractivity contribution in [2.45, 2.75) is 19.1 Å². The van der Waals surface area contributed by atoms with Crippen LogP contribution in [0.4, 0.5) is 0 Å². The molecule has 1 aliphatic rings. The van der Waals surface area contributed by atoms with Crippen LogP contribution in [0.2, 0.25) is 0 Å². The van der Waals surface area contributed by atoms with Crippen LogP contribution in [0, 0.1) is 0 Å². The molecule has 0 aromatic heterocycles. The average molecular weight is 214 g/mol. The van der Waals surface area contributed by atoms with Gasteiger partial charge in [-0.2, -0.15) is 0 Å². The van der Waals surface area contributed by atoms with Crippen molar-refractivity contribution in [3.8, 4) is 0 Å². The van der Waals surface area contributed by atoms with Gasteiger partial charge in [0.25, 0.3) is 0 Å². The Morgan fingerprint density at radius 1 is 1.19 bits per heavy atom. The zero-order chi connectivity index (χ0) is 11.1. The second-order valence-electron chi connectivity index (χ2n) is 4.28. The lowest BCUT2D eigenvalue weighted by molar-refractivity contribution is -0.0768. The second kappa shape index (κ2) is 3.58. The molecule has 1 aliphatic carbocycles. The summed E-state index contributed by atoms with van der Waals surface area (Å²) in [4.78, 5) is 0. The van der Waals surface area contributed by atoms with Gasteiger partial charge in [0, 0.05) is 12.7 Å². The normalized spacial score (nSPS) is 15.6.